The van der Waals surface area contributed by atoms with Gasteiger partial charge in [-0.3, -0.25) is 14.4 Å². The molecule has 0 radical (unpaired) electrons. The second-order valence-corrected chi connectivity index (χ2v) is 6.00. The molecule has 0 aliphatic heterocycles. The Balaban J connectivity index is 1.78. The molecule has 1 atom stereocenters. The second kappa shape index (κ2) is 10.7. The largest absolute Gasteiger partial charge is 0.497 e. The van der Waals surface area contributed by atoms with Gasteiger partial charge in [-0.2, -0.15) is 0 Å². The van der Waals surface area contributed by atoms with Crippen LogP contribution in [0.15, 0.2) is 54.6 Å². The lowest BCUT2D eigenvalue weighted by molar-refractivity contribution is -0.155. The van der Waals surface area contributed by atoms with Crippen LogP contribution in [-0.2, 0) is 20.9 Å². The number of hydrogen-bond donors (Lipinski definition) is 2. The number of methoxy groups -OCH3 is 1. The highest BCUT2D eigenvalue weighted by atomic mass is 16.5. The summed E-state index contributed by atoms with van der Waals surface area (Å²) in [6, 6.07) is 15.9. The third kappa shape index (κ3) is 6.42. The summed E-state index contributed by atoms with van der Waals surface area (Å²) in [5.74, 6) is -0.839. The van der Waals surface area contributed by atoms with Crippen molar-refractivity contribution in [2.24, 2.45) is 0 Å². The van der Waals surface area contributed by atoms with Crippen LogP contribution in [0.5, 0.6) is 5.75 Å². The van der Waals surface area contributed by atoms with Gasteiger partial charge in [0.25, 0.3) is 11.8 Å². The van der Waals surface area contributed by atoms with Gasteiger partial charge in [0.1, 0.15) is 12.3 Å². The molecule has 0 aromatic heterocycles. The second-order valence-electron chi connectivity index (χ2n) is 6.00. The topological polar surface area (TPSA) is 93.7 Å². The van der Waals surface area contributed by atoms with Crippen LogP contribution in [-0.4, -0.2) is 37.5 Å². The third-order valence-electron chi connectivity index (χ3n) is 3.99. The van der Waals surface area contributed by atoms with Gasteiger partial charge in [0.05, 0.1) is 7.11 Å². The molecule has 0 bridgehead atoms. The molecule has 0 saturated heterocycles. The average molecular weight is 384 g/mol. The first kappa shape index (κ1) is 21.0. The number of amides is 2. The highest BCUT2D eigenvalue weighted by Crippen LogP contribution is 2.11. The lowest BCUT2D eigenvalue weighted by atomic mass is 10.2. The number of esters is 1. The molecule has 7 heteroatoms. The van der Waals surface area contributed by atoms with Crippen molar-refractivity contribution in [1.29, 1.82) is 0 Å². The predicted octanol–water partition coefficient (Wildman–Crippen LogP) is 2.06. The van der Waals surface area contributed by atoms with E-state index in [0.717, 1.165) is 5.56 Å². The highest BCUT2D eigenvalue weighted by molar-refractivity contribution is 5.96. The van der Waals surface area contributed by atoms with Crippen LogP contribution in [0.3, 0.4) is 0 Å². The van der Waals surface area contributed by atoms with Crippen LogP contribution >= 0.6 is 0 Å². The summed E-state index contributed by atoms with van der Waals surface area (Å²) < 4.78 is 10.2. The van der Waals surface area contributed by atoms with E-state index >= 15 is 0 Å². The maximum absolute atomic E-state index is 12.2. The number of rotatable bonds is 9. The number of carbonyl (C=O) groups excluding carboxylic acids is 3. The lowest BCUT2D eigenvalue weighted by Crippen LogP contribution is -2.39. The lowest BCUT2D eigenvalue weighted by Gasteiger charge is -2.16. The molecule has 0 saturated carbocycles. The van der Waals surface area contributed by atoms with E-state index in [9.17, 15) is 14.4 Å². The fraction of sp³-hybridized carbons (Fsp3) is 0.286. The smallest absolute Gasteiger partial charge is 0.326 e. The Morgan fingerprint density at radius 1 is 0.964 bits per heavy atom. The first-order valence-corrected chi connectivity index (χ1v) is 8.96. The van der Waals surface area contributed by atoms with Crippen LogP contribution in [0.1, 0.15) is 29.3 Å². The molecule has 0 spiro atoms. The maximum Gasteiger partial charge on any atom is 0.326 e. The zero-order chi connectivity index (χ0) is 20.4. The molecule has 2 aromatic rings. The number of ether oxygens (including phenoxy) is 2. The van der Waals surface area contributed by atoms with Gasteiger partial charge in [0.15, 0.2) is 6.10 Å². The van der Waals surface area contributed by atoms with Gasteiger partial charge in [0.2, 0.25) is 0 Å². The quantitative estimate of drug-likeness (QED) is 0.646. The molecular weight excluding hydrogens is 360 g/mol. The van der Waals surface area contributed by atoms with Gasteiger partial charge in [-0.1, -0.05) is 37.3 Å². The fourth-order valence-corrected chi connectivity index (χ4v) is 2.42. The first-order valence-electron chi connectivity index (χ1n) is 8.96. The molecule has 148 valence electrons. The molecule has 0 heterocycles. The molecule has 2 rings (SSSR count). The minimum atomic E-state index is -0.908. The summed E-state index contributed by atoms with van der Waals surface area (Å²) in [7, 11) is 1.53. The normalized spacial score (nSPS) is 11.2. The molecule has 0 aliphatic rings. The van der Waals surface area contributed by atoms with E-state index in [4.69, 9.17) is 9.47 Å². The van der Waals surface area contributed by atoms with Crippen molar-refractivity contribution in [2.75, 3.05) is 13.7 Å². The van der Waals surface area contributed by atoms with Crippen molar-refractivity contribution in [3.8, 4) is 5.75 Å². The van der Waals surface area contributed by atoms with Gasteiger partial charge in [0, 0.05) is 12.1 Å². The third-order valence-corrected chi connectivity index (χ3v) is 3.99. The average Bonchev–Trinajstić information content (AvgIpc) is 2.74. The van der Waals surface area contributed by atoms with Crippen LogP contribution in [0, 0.1) is 0 Å². The van der Waals surface area contributed by atoms with Crippen molar-refractivity contribution in [2.45, 2.75) is 26.0 Å². The van der Waals surface area contributed by atoms with E-state index in [-0.39, 0.29) is 12.5 Å². The van der Waals surface area contributed by atoms with E-state index in [1.165, 1.54) is 7.11 Å². The summed E-state index contributed by atoms with van der Waals surface area (Å²) in [5.41, 5.74) is 1.34. The van der Waals surface area contributed by atoms with Gasteiger partial charge in [-0.05, 0) is 36.2 Å². The van der Waals surface area contributed by atoms with Crippen molar-refractivity contribution in [3.05, 3.63) is 65.7 Å². The molecule has 7 nitrogen and oxygen atoms in total. The Bertz CT molecular complexity index is 790. The van der Waals surface area contributed by atoms with Crippen molar-refractivity contribution in [1.82, 2.24) is 10.6 Å². The zero-order valence-electron chi connectivity index (χ0n) is 15.9. The van der Waals surface area contributed by atoms with E-state index in [2.05, 4.69) is 10.6 Å². The summed E-state index contributed by atoms with van der Waals surface area (Å²) in [6.07, 6.45) is -0.576. The SMILES string of the molecule is CCC(OC(=O)CNC(=O)c1ccc(OC)cc1)C(=O)NCc1ccccc1. The number of benzene rings is 2. The van der Waals surface area contributed by atoms with Gasteiger partial charge in [-0.25, -0.2) is 0 Å². The van der Waals surface area contributed by atoms with E-state index in [1.807, 2.05) is 30.3 Å². The molecule has 28 heavy (non-hydrogen) atoms. The summed E-state index contributed by atoms with van der Waals surface area (Å²) in [6.45, 7) is 1.77. The van der Waals surface area contributed by atoms with Crippen LogP contribution < -0.4 is 15.4 Å². The van der Waals surface area contributed by atoms with Gasteiger partial charge < -0.3 is 20.1 Å². The molecule has 1 unspecified atom stereocenters. The van der Waals surface area contributed by atoms with E-state index < -0.39 is 18.0 Å². The summed E-state index contributed by atoms with van der Waals surface area (Å²) >= 11 is 0. The van der Waals surface area contributed by atoms with Crippen molar-refractivity contribution in [3.63, 3.8) is 0 Å². The molecule has 0 fully saturated rings. The van der Waals surface area contributed by atoms with Crippen LogP contribution in [0.2, 0.25) is 0 Å². The summed E-state index contributed by atoms with van der Waals surface area (Å²) in [5, 5.41) is 5.22. The van der Waals surface area contributed by atoms with Crippen molar-refractivity contribution >= 4 is 17.8 Å². The Morgan fingerprint density at radius 3 is 2.25 bits per heavy atom. The number of carbonyl (C=O) groups is 3. The number of hydrogen-bond acceptors (Lipinski definition) is 5. The molecular formula is C21H24N2O5. The standard InChI is InChI=1S/C21H24N2O5/c1-3-18(21(26)22-13-15-7-5-4-6-8-15)28-19(24)14-23-20(25)16-9-11-17(27-2)12-10-16/h4-12,18H,3,13-14H2,1-2H3,(H,22,26)(H,23,25). The van der Waals surface area contributed by atoms with E-state index in [1.54, 1.807) is 31.2 Å². The first-order chi connectivity index (χ1) is 13.5. The van der Waals surface area contributed by atoms with Crippen LogP contribution in [0.4, 0.5) is 0 Å². The van der Waals surface area contributed by atoms with Crippen molar-refractivity contribution < 1.29 is 23.9 Å². The zero-order valence-corrected chi connectivity index (χ0v) is 15.9. The Morgan fingerprint density at radius 2 is 1.64 bits per heavy atom. The van der Waals surface area contributed by atoms with Gasteiger partial charge >= 0.3 is 5.97 Å². The Kier molecular flexibility index (Phi) is 8.02. The Labute approximate surface area is 164 Å². The number of nitrogens with one attached hydrogen (secondary N) is 2. The highest BCUT2D eigenvalue weighted by Gasteiger charge is 2.21. The Hall–Kier alpha value is -3.35. The fourth-order valence-electron chi connectivity index (χ4n) is 2.42. The molecule has 0 aliphatic carbocycles. The summed E-state index contributed by atoms with van der Waals surface area (Å²) in [4.78, 5) is 36.3. The predicted molar refractivity (Wildman–Crippen MR) is 104 cm³/mol. The molecule has 2 aromatic carbocycles. The molecule has 2 N–H and O–H groups in total. The van der Waals surface area contributed by atoms with E-state index in [0.29, 0.717) is 24.3 Å². The van der Waals surface area contributed by atoms with Crippen LogP contribution in [0.25, 0.3) is 0 Å². The van der Waals surface area contributed by atoms with Gasteiger partial charge in [-0.15, -0.1) is 0 Å². The molecule has 2 amide bonds. The minimum Gasteiger partial charge on any atom is -0.497 e. The minimum absolute atomic E-state index is 0.326. The maximum atomic E-state index is 12.2. The monoisotopic (exact) mass is 384 g/mol.